The zero-order valence-corrected chi connectivity index (χ0v) is 23.0. The van der Waals surface area contributed by atoms with Crippen molar-refractivity contribution in [2.45, 2.75) is 80.1 Å². The SMILES string of the molecule is Cc1cc(-c2ccc(NC(=O)C3CC3CCC(C)C)c(C)c2)ccc1NC(=O)C1CC1CCC(C)C. The minimum atomic E-state index is 0.164. The highest BCUT2D eigenvalue weighted by atomic mass is 16.2. The van der Waals surface area contributed by atoms with Gasteiger partial charge in [-0.1, -0.05) is 52.7 Å². The van der Waals surface area contributed by atoms with E-state index in [1.807, 2.05) is 12.1 Å². The second-order valence-corrected chi connectivity index (χ2v) is 12.2. The molecule has 0 radical (unpaired) electrons. The Balaban J connectivity index is 1.33. The Bertz CT molecular complexity index is 1020. The molecule has 0 aliphatic heterocycles. The first-order chi connectivity index (χ1) is 17.1. The summed E-state index contributed by atoms with van der Waals surface area (Å²) in [4.78, 5) is 25.4. The molecule has 36 heavy (non-hydrogen) atoms. The maximum atomic E-state index is 12.7. The summed E-state index contributed by atoms with van der Waals surface area (Å²) in [6.07, 6.45) is 6.76. The highest BCUT2D eigenvalue weighted by Crippen LogP contribution is 2.44. The van der Waals surface area contributed by atoms with Gasteiger partial charge in [0, 0.05) is 23.2 Å². The summed E-state index contributed by atoms with van der Waals surface area (Å²) in [5.41, 5.74) is 6.16. The largest absolute Gasteiger partial charge is 0.326 e. The number of carbonyl (C=O) groups is 2. The molecule has 4 heteroatoms. The molecule has 2 aromatic rings. The van der Waals surface area contributed by atoms with Gasteiger partial charge < -0.3 is 10.6 Å². The van der Waals surface area contributed by atoms with E-state index in [0.29, 0.717) is 23.7 Å². The molecule has 2 saturated carbocycles. The fourth-order valence-electron chi connectivity index (χ4n) is 5.29. The predicted octanol–water partition coefficient (Wildman–Crippen LogP) is 7.99. The van der Waals surface area contributed by atoms with Crippen LogP contribution in [0.4, 0.5) is 11.4 Å². The van der Waals surface area contributed by atoms with Crippen molar-refractivity contribution in [1.82, 2.24) is 0 Å². The number of amides is 2. The van der Waals surface area contributed by atoms with Gasteiger partial charge in [-0.25, -0.2) is 0 Å². The first-order valence-corrected chi connectivity index (χ1v) is 14.0. The van der Waals surface area contributed by atoms with Gasteiger partial charge in [-0.15, -0.1) is 0 Å². The minimum absolute atomic E-state index is 0.164. The lowest BCUT2D eigenvalue weighted by Gasteiger charge is -2.13. The lowest BCUT2D eigenvalue weighted by molar-refractivity contribution is -0.118. The number of nitrogens with one attached hydrogen (secondary N) is 2. The molecule has 0 saturated heterocycles. The molecule has 2 aliphatic rings. The molecule has 4 nitrogen and oxygen atoms in total. The lowest BCUT2D eigenvalue weighted by atomic mass is 9.99. The smallest absolute Gasteiger partial charge is 0.227 e. The van der Waals surface area contributed by atoms with Gasteiger partial charge in [-0.3, -0.25) is 9.59 Å². The molecule has 2 amide bonds. The van der Waals surface area contributed by atoms with E-state index in [-0.39, 0.29) is 23.7 Å². The Morgan fingerprint density at radius 1 is 0.722 bits per heavy atom. The Morgan fingerprint density at radius 2 is 1.11 bits per heavy atom. The second kappa shape index (κ2) is 11.2. The second-order valence-electron chi connectivity index (χ2n) is 12.2. The molecule has 194 valence electrons. The number of rotatable bonds is 11. The maximum Gasteiger partial charge on any atom is 0.227 e. The average Bonchev–Trinajstić information content (AvgIpc) is 3.73. The first kappa shape index (κ1) is 26.4. The number of hydrogen-bond donors (Lipinski definition) is 2. The summed E-state index contributed by atoms with van der Waals surface area (Å²) in [7, 11) is 0. The third-order valence-electron chi connectivity index (χ3n) is 8.05. The van der Waals surface area contributed by atoms with Crippen LogP contribution in [0.25, 0.3) is 11.1 Å². The molecule has 0 spiro atoms. The first-order valence-electron chi connectivity index (χ1n) is 14.0. The fraction of sp³-hybridized carbons (Fsp3) is 0.562. The summed E-state index contributed by atoms with van der Waals surface area (Å²) in [6.45, 7) is 13.1. The van der Waals surface area contributed by atoms with E-state index >= 15 is 0 Å². The van der Waals surface area contributed by atoms with Crippen LogP contribution in [-0.4, -0.2) is 11.8 Å². The van der Waals surface area contributed by atoms with Crippen molar-refractivity contribution in [3.05, 3.63) is 47.5 Å². The Labute approximate surface area is 217 Å². The Morgan fingerprint density at radius 3 is 1.44 bits per heavy atom. The number of benzene rings is 2. The van der Waals surface area contributed by atoms with Crippen LogP contribution in [0.3, 0.4) is 0 Å². The van der Waals surface area contributed by atoms with Crippen LogP contribution >= 0.6 is 0 Å². The van der Waals surface area contributed by atoms with E-state index in [9.17, 15) is 9.59 Å². The molecular weight excluding hydrogens is 444 g/mol. The van der Waals surface area contributed by atoms with E-state index in [0.717, 1.165) is 59.3 Å². The third kappa shape index (κ3) is 6.78. The maximum absolute atomic E-state index is 12.7. The molecular formula is C32H44N2O2. The van der Waals surface area contributed by atoms with Gasteiger partial charge in [0.15, 0.2) is 0 Å². The Hall–Kier alpha value is -2.62. The zero-order chi connectivity index (χ0) is 26.0. The molecule has 0 aromatic heterocycles. The molecule has 0 heterocycles. The average molecular weight is 489 g/mol. The van der Waals surface area contributed by atoms with Crippen LogP contribution in [0, 0.1) is 49.4 Å². The van der Waals surface area contributed by atoms with Crippen molar-refractivity contribution >= 4 is 23.2 Å². The van der Waals surface area contributed by atoms with Crippen LogP contribution in [-0.2, 0) is 9.59 Å². The van der Waals surface area contributed by atoms with Gasteiger partial charge in [0.2, 0.25) is 11.8 Å². The number of hydrogen-bond acceptors (Lipinski definition) is 2. The van der Waals surface area contributed by atoms with Crippen molar-refractivity contribution in [2.24, 2.45) is 35.5 Å². The number of aryl methyl sites for hydroxylation is 2. The number of carbonyl (C=O) groups excluding carboxylic acids is 2. The molecule has 0 bridgehead atoms. The lowest BCUT2D eigenvalue weighted by Crippen LogP contribution is -2.16. The summed E-state index contributed by atoms with van der Waals surface area (Å²) >= 11 is 0. The van der Waals surface area contributed by atoms with Crippen LogP contribution in [0.1, 0.15) is 77.3 Å². The highest BCUT2D eigenvalue weighted by molar-refractivity contribution is 5.96. The van der Waals surface area contributed by atoms with Gasteiger partial charge in [0.1, 0.15) is 0 Å². The molecule has 2 N–H and O–H groups in total. The van der Waals surface area contributed by atoms with Gasteiger partial charge >= 0.3 is 0 Å². The van der Waals surface area contributed by atoms with Crippen LogP contribution < -0.4 is 10.6 Å². The van der Waals surface area contributed by atoms with Gasteiger partial charge in [-0.05, 0) is 110 Å². The third-order valence-corrected chi connectivity index (χ3v) is 8.05. The predicted molar refractivity (Wildman–Crippen MR) is 150 cm³/mol. The molecule has 2 aromatic carbocycles. The molecule has 4 unspecified atom stereocenters. The summed E-state index contributed by atoms with van der Waals surface area (Å²) in [5, 5.41) is 6.32. The van der Waals surface area contributed by atoms with Gasteiger partial charge in [0.05, 0.1) is 0 Å². The molecule has 2 aliphatic carbocycles. The van der Waals surface area contributed by atoms with E-state index in [4.69, 9.17) is 0 Å². The van der Waals surface area contributed by atoms with Crippen molar-refractivity contribution in [2.75, 3.05) is 10.6 Å². The van der Waals surface area contributed by atoms with Crippen molar-refractivity contribution in [3.8, 4) is 11.1 Å². The zero-order valence-electron chi connectivity index (χ0n) is 23.0. The molecule has 4 rings (SSSR count). The topological polar surface area (TPSA) is 58.2 Å². The summed E-state index contributed by atoms with van der Waals surface area (Å²) in [6, 6.07) is 12.4. The fourth-order valence-corrected chi connectivity index (χ4v) is 5.29. The van der Waals surface area contributed by atoms with Crippen LogP contribution in [0.15, 0.2) is 36.4 Å². The minimum Gasteiger partial charge on any atom is -0.326 e. The highest BCUT2D eigenvalue weighted by Gasteiger charge is 2.43. The number of anilines is 2. The van der Waals surface area contributed by atoms with E-state index in [2.05, 4.69) is 76.4 Å². The quantitative estimate of drug-likeness (QED) is 0.337. The van der Waals surface area contributed by atoms with Gasteiger partial charge in [-0.2, -0.15) is 0 Å². The molecule has 4 atom stereocenters. The van der Waals surface area contributed by atoms with Crippen LogP contribution in [0.5, 0.6) is 0 Å². The van der Waals surface area contributed by atoms with Crippen LogP contribution in [0.2, 0.25) is 0 Å². The van der Waals surface area contributed by atoms with Gasteiger partial charge in [0.25, 0.3) is 0 Å². The van der Waals surface area contributed by atoms with Crippen molar-refractivity contribution in [1.29, 1.82) is 0 Å². The van der Waals surface area contributed by atoms with E-state index in [1.165, 1.54) is 12.8 Å². The van der Waals surface area contributed by atoms with Crippen molar-refractivity contribution in [3.63, 3.8) is 0 Å². The summed E-state index contributed by atoms with van der Waals surface area (Å²) in [5.74, 6) is 3.19. The summed E-state index contributed by atoms with van der Waals surface area (Å²) < 4.78 is 0. The van der Waals surface area contributed by atoms with E-state index < -0.39 is 0 Å². The van der Waals surface area contributed by atoms with E-state index in [1.54, 1.807) is 0 Å². The van der Waals surface area contributed by atoms with Crippen molar-refractivity contribution < 1.29 is 9.59 Å². The molecule has 2 fully saturated rings. The Kier molecular flexibility index (Phi) is 8.22. The standard InChI is InChI=1S/C32H44N2O2/c1-19(2)7-9-25-17-27(25)31(35)33-29-13-11-23(15-21(29)5)24-12-14-30(22(6)16-24)34-32(36)28-18-26(28)10-8-20(3)4/h11-16,19-20,25-28H,7-10,17-18H2,1-6H3,(H,33,35)(H,34,36). The normalized spacial score (nSPS) is 22.6. The monoisotopic (exact) mass is 488 g/mol.